The van der Waals surface area contributed by atoms with E-state index in [-0.39, 0.29) is 11.7 Å². The van der Waals surface area contributed by atoms with Gasteiger partial charge in [0, 0.05) is 11.1 Å². The molecular formula is C40H31NO4P+. The van der Waals surface area contributed by atoms with Crippen molar-refractivity contribution in [1.82, 2.24) is 5.32 Å². The van der Waals surface area contributed by atoms with Crippen molar-refractivity contribution in [3.8, 4) is 17.1 Å². The van der Waals surface area contributed by atoms with Crippen LogP contribution in [0, 0.1) is 0 Å². The van der Waals surface area contributed by atoms with E-state index >= 15 is 0 Å². The molecule has 5 nitrogen and oxygen atoms in total. The maximum Gasteiger partial charge on any atom is 0.251 e. The molecule has 224 valence electrons. The van der Waals surface area contributed by atoms with Crippen LogP contribution in [0.2, 0.25) is 0 Å². The van der Waals surface area contributed by atoms with Gasteiger partial charge in [0.25, 0.3) is 5.91 Å². The molecule has 0 aliphatic heterocycles. The number of rotatable bonds is 8. The molecule has 7 rings (SSSR count). The van der Waals surface area contributed by atoms with Crippen molar-refractivity contribution in [3.05, 3.63) is 167 Å². The van der Waals surface area contributed by atoms with Gasteiger partial charge >= 0.3 is 0 Å². The Balaban J connectivity index is 1.15. The minimum atomic E-state index is -2.08. The van der Waals surface area contributed by atoms with Gasteiger partial charge in [-0.25, -0.2) is 0 Å². The van der Waals surface area contributed by atoms with E-state index in [2.05, 4.69) is 78.1 Å². The molecule has 0 bridgehead atoms. The maximum absolute atomic E-state index is 13.4. The number of nitrogens with one attached hydrogen (secondary N) is 1. The van der Waals surface area contributed by atoms with Crippen LogP contribution in [0.25, 0.3) is 33.1 Å². The molecule has 0 saturated carbocycles. The Morgan fingerprint density at radius 1 is 0.652 bits per heavy atom. The Kier molecular flexibility index (Phi) is 7.92. The summed E-state index contributed by atoms with van der Waals surface area (Å²) in [5.41, 5.74) is 0.870. The predicted octanol–water partition coefficient (Wildman–Crippen LogP) is 7.04. The van der Waals surface area contributed by atoms with Crippen LogP contribution in [0.4, 0.5) is 0 Å². The first-order chi connectivity index (χ1) is 22.5. The van der Waals surface area contributed by atoms with Gasteiger partial charge in [-0.3, -0.25) is 9.59 Å². The number of aromatic hydroxyl groups is 1. The Morgan fingerprint density at radius 2 is 1.15 bits per heavy atom. The molecule has 0 fully saturated rings. The van der Waals surface area contributed by atoms with E-state index < -0.39 is 18.4 Å². The van der Waals surface area contributed by atoms with Gasteiger partial charge in [-0.2, -0.15) is 0 Å². The number of hydrogen-bond donors (Lipinski definition) is 2. The van der Waals surface area contributed by atoms with Crippen LogP contribution in [-0.2, 0) is 0 Å². The summed E-state index contributed by atoms with van der Waals surface area (Å²) in [4.78, 5) is 26.5. The highest BCUT2D eigenvalue weighted by Gasteiger charge is 2.44. The Bertz CT molecular complexity index is 2120. The summed E-state index contributed by atoms with van der Waals surface area (Å²) in [5.74, 6) is -0.583. The molecule has 7 aromatic rings. The summed E-state index contributed by atoms with van der Waals surface area (Å²) < 4.78 is 6.05. The van der Waals surface area contributed by atoms with Crippen molar-refractivity contribution in [2.24, 2.45) is 0 Å². The van der Waals surface area contributed by atoms with Crippen molar-refractivity contribution < 1.29 is 14.3 Å². The lowest BCUT2D eigenvalue weighted by molar-refractivity contribution is 0.0956. The third-order valence-electron chi connectivity index (χ3n) is 8.47. The predicted molar refractivity (Wildman–Crippen MR) is 189 cm³/mol. The SMILES string of the molecule is O=C(NCC[P+](c1ccccc1)(c1ccccc1)c1ccccc1)c1ccc(-c2oc3cc4ccccc4cc3c(=O)c2O)cc1. The van der Waals surface area contributed by atoms with Gasteiger partial charge in [0.1, 0.15) is 28.8 Å². The summed E-state index contributed by atoms with van der Waals surface area (Å²) >= 11 is 0. The molecule has 0 atom stereocenters. The summed E-state index contributed by atoms with van der Waals surface area (Å²) in [6.45, 7) is 0.474. The molecule has 2 N–H and O–H groups in total. The van der Waals surface area contributed by atoms with E-state index in [9.17, 15) is 14.7 Å². The highest BCUT2D eigenvalue weighted by Crippen LogP contribution is 2.54. The Labute approximate surface area is 267 Å². The van der Waals surface area contributed by atoms with Crippen LogP contribution in [0.5, 0.6) is 5.75 Å². The van der Waals surface area contributed by atoms with Crippen molar-refractivity contribution in [2.45, 2.75) is 0 Å². The lowest BCUT2D eigenvalue weighted by Crippen LogP contribution is -2.37. The molecule has 1 amide bonds. The molecule has 6 aromatic carbocycles. The number of fused-ring (bicyclic) bond motifs is 2. The quantitative estimate of drug-likeness (QED) is 0.141. The first-order valence-electron chi connectivity index (χ1n) is 15.2. The standard InChI is InChI=1S/C40H30NO4P/c42-37-35-26-30-12-10-11-13-31(30)27-36(35)45-39(38(37)43)28-20-22-29(23-21-28)40(44)41-24-25-46(32-14-4-1-5-15-32,33-16-6-2-7-17-33)34-18-8-3-9-19-34/h1-23,26-27H,24-25H2,(H-,41,43,44)/p+1. The molecule has 0 aliphatic rings. The highest BCUT2D eigenvalue weighted by molar-refractivity contribution is 7.95. The average molecular weight is 621 g/mol. The minimum Gasteiger partial charge on any atom is -0.502 e. The van der Waals surface area contributed by atoms with E-state index in [1.807, 2.05) is 42.5 Å². The second-order valence-corrected chi connectivity index (χ2v) is 14.8. The molecule has 0 radical (unpaired) electrons. The molecule has 1 heterocycles. The van der Waals surface area contributed by atoms with Crippen LogP contribution in [0.15, 0.2) is 161 Å². The van der Waals surface area contributed by atoms with E-state index in [1.54, 1.807) is 36.4 Å². The van der Waals surface area contributed by atoms with Gasteiger partial charge < -0.3 is 14.8 Å². The third kappa shape index (κ3) is 5.36. The fraction of sp³-hybridized carbons (Fsp3) is 0.0500. The number of carbonyl (C=O) groups excluding carboxylic acids is 1. The topological polar surface area (TPSA) is 79.5 Å². The number of amides is 1. The summed E-state index contributed by atoms with van der Waals surface area (Å²) in [6.07, 6.45) is 0.750. The first kappa shape index (κ1) is 29.2. The van der Waals surface area contributed by atoms with Gasteiger partial charge in [-0.15, -0.1) is 0 Å². The maximum atomic E-state index is 13.4. The lowest BCUT2D eigenvalue weighted by Gasteiger charge is -2.27. The molecule has 0 unspecified atom stereocenters. The zero-order valence-corrected chi connectivity index (χ0v) is 25.9. The molecule has 1 aromatic heterocycles. The Morgan fingerprint density at radius 3 is 1.70 bits per heavy atom. The van der Waals surface area contributed by atoms with E-state index in [1.165, 1.54) is 15.9 Å². The number of benzene rings is 6. The van der Waals surface area contributed by atoms with Gasteiger partial charge in [0.2, 0.25) is 11.2 Å². The molecule has 0 saturated heterocycles. The van der Waals surface area contributed by atoms with Crippen LogP contribution in [-0.4, -0.2) is 23.7 Å². The van der Waals surface area contributed by atoms with Gasteiger partial charge in [0.05, 0.1) is 18.1 Å². The minimum absolute atomic E-state index is 0.0721. The second kappa shape index (κ2) is 12.5. The van der Waals surface area contributed by atoms with Crippen LogP contribution >= 0.6 is 7.26 Å². The van der Waals surface area contributed by atoms with Crippen molar-refractivity contribution in [3.63, 3.8) is 0 Å². The normalized spacial score (nSPS) is 11.5. The fourth-order valence-electron chi connectivity index (χ4n) is 6.16. The van der Waals surface area contributed by atoms with E-state index in [4.69, 9.17) is 4.42 Å². The number of hydrogen-bond acceptors (Lipinski definition) is 4. The van der Waals surface area contributed by atoms with Crippen LogP contribution in [0.1, 0.15) is 10.4 Å². The third-order valence-corrected chi connectivity index (χ3v) is 12.9. The Hall–Kier alpha value is -5.51. The van der Waals surface area contributed by atoms with Crippen LogP contribution < -0.4 is 26.7 Å². The number of carbonyl (C=O) groups is 1. The second-order valence-electron chi connectivity index (χ2n) is 11.2. The van der Waals surface area contributed by atoms with Crippen molar-refractivity contribution in [2.75, 3.05) is 12.7 Å². The molecular weight excluding hydrogens is 589 g/mol. The van der Waals surface area contributed by atoms with Crippen LogP contribution in [0.3, 0.4) is 0 Å². The smallest absolute Gasteiger partial charge is 0.251 e. The zero-order chi connectivity index (χ0) is 31.5. The first-order valence-corrected chi connectivity index (χ1v) is 17.1. The summed E-state index contributed by atoms with van der Waals surface area (Å²) in [6, 6.07) is 49.7. The van der Waals surface area contributed by atoms with E-state index in [0.717, 1.165) is 16.9 Å². The van der Waals surface area contributed by atoms with Gasteiger partial charge in [-0.1, -0.05) is 91.0 Å². The molecule has 0 spiro atoms. The van der Waals surface area contributed by atoms with E-state index in [0.29, 0.717) is 28.6 Å². The van der Waals surface area contributed by atoms with Crippen molar-refractivity contribution in [1.29, 1.82) is 0 Å². The van der Waals surface area contributed by atoms with Gasteiger partial charge in [0.15, 0.2) is 5.76 Å². The summed E-state index contributed by atoms with van der Waals surface area (Å²) in [5, 5.41) is 19.9. The fourth-order valence-corrected chi connectivity index (χ4v) is 10.3. The largest absolute Gasteiger partial charge is 0.502 e. The lowest BCUT2D eigenvalue weighted by atomic mass is 10.0. The monoisotopic (exact) mass is 620 g/mol. The molecule has 6 heteroatoms. The average Bonchev–Trinajstić information content (AvgIpc) is 3.12. The molecule has 0 aliphatic carbocycles. The van der Waals surface area contributed by atoms with Gasteiger partial charge in [-0.05, 0) is 71.4 Å². The zero-order valence-electron chi connectivity index (χ0n) is 25.0. The van der Waals surface area contributed by atoms with Crippen molar-refractivity contribution >= 4 is 50.8 Å². The summed E-state index contributed by atoms with van der Waals surface area (Å²) in [7, 11) is -2.08. The highest BCUT2D eigenvalue weighted by atomic mass is 31.2. The molecule has 46 heavy (non-hydrogen) atoms.